The van der Waals surface area contributed by atoms with Crippen molar-refractivity contribution < 1.29 is 0 Å². The molecule has 0 aromatic carbocycles. The van der Waals surface area contributed by atoms with Crippen LogP contribution in [0.2, 0.25) is 0 Å². The number of hydrogen-bond donors (Lipinski definition) is 0. The summed E-state index contributed by atoms with van der Waals surface area (Å²) in [7, 11) is 0. The molecule has 2 aliphatic rings. The fraction of sp³-hybridized carbons (Fsp3) is 0.357. The molecular formula is C14H16IN. The van der Waals surface area contributed by atoms with Crippen LogP contribution < -0.4 is 0 Å². The van der Waals surface area contributed by atoms with Crippen molar-refractivity contribution in [2.45, 2.75) is 26.7 Å². The number of nitrogens with zero attached hydrogens (tertiary/aromatic N) is 1. The second kappa shape index (κ2) is 4.70. The van der Waals surface area contributed by atoms with Crippen molar-refractivity contribution in [3.8, 4) is 0 Å². The maximum absolute atomic E-state index is 4.76. The molecule has 84 valence electrons. The van der Waals surface area contributed by atoms with E-state index in [1.807, 2.05) is 6.92 Å². The van der Waals surface area contributed by atoms with Crippen LogP contribution in [0.1, 0.15) is 26.7 Å². The summed E-state index contributed by atoms with van der Waals surface area (Å²) in [6.07, 6.45) is 8.82. The van der Waals surface area contributed by atoms with Gasteiger partial charge in [0.15, 0.2) is 0 Å². The van der Waals surface area contributed by atoms with E-state index in [1.165, 1.54) is 14.9 Å². The van der Waals surface area contributed by atoms with E-state index in [4.69, 9.17) is 4.99 Å². The molecule has 1 atom stereocenters. The Bertz CT molecular complexity index is 449. The molecule has 1 aliphatic heterocycles. The van der Waals surface area contributed by atoms with E-state index in [0.717, 1.165) is 24.1 Å². The van der Waals surface area contributed by atoms with Crippen LogP contribution in [0.25, 0.3) is 0 Å². The van der Waals surface area contributed by atoms with Gasteiger partial charge in [0.2, 0.25) is 0 Å². The molecule has 0 radical (unpaired) electrons. The highest BCUT2D eigenvalue weighted by Gasteiger charge is 2.18. The van der Waals surface area contributed by atoms with Crippen LogP contribution in [0.4, 0.5) is 0 Å². The predicted octanol–water partition coefficient (Wildman–Crippen LogP) is 4.58. The molecule has 0 N–H and O–H groups in total. The summed E-state index contributed by atoms with van der Waals surface area (Å²) < 4.78 is 1.19. The zero-order chi connectivity index (χ0) is 11.7. The minimum Gasteiger partial charge on any atom is -0.246 e. The molecule has 16 heavy (non-hydrogen) atoms. The van der Waals surface area contributed by atoms with Gasteiger partial charge < -0.3 is 0 Å². The van der Waals surface area contributed by atoms with E-state index in [0.29, 0.717) is 5.92 Å². The van der Waals surface area contributed by atoms with E-state index in [1.54, 1.807) is 0 Å². The maximum Gasteiger partial charge on any atom is 0.0822 e. The van der Waals surface area contributed by atoms with Crippen molar-refractivity contribution in [1.29, 1.82) is 0 Å². The van der Waals surface area contributed by atoms with Crippen molar-refractivity contribution in [2.24, 2.45) is 10.9 Å². The van der Waals surface area contributed by atoms with Crippen LogP contribution in [0.3, 0.4) is 0 Å². The van der Waals surface area contributed by atoms with Gasteiger partial charge >= 0.3 is 0 Å². The Morgan fingerprint density at radius 2 is 2.31 bits per heavy atom. The number of allylic oxidation sites excluding steroid dienone is 6. The van der Waals surface area contributed by atoms with E-state index in [-0.39, 0.29) is 0 Å². The third kappa shape index (κ3) is 2.21. The quantitative estimate of drug-likeness (QED) is 0.626. The standard InChI is InChI=1S/C14H16IN/c1-9(2)13-12-6-4-5-11(12)8-7-10(3)14(15)16-13/h4-5,8,10H,1,6-7H2,2-3H3/b11-8+,13-12?,16-14?. The monoisotopic (exact) mass is 325 g/mol. The smallest absolute Gasteiger partial charge is 0.0822 e. The molecule has 0 aromatic rings. The lowest BCUT2D eigenvalue weighted by Crippen LogP contribution is -2.06. The van der Waals surface area contributed by atoms with E-state index in [9.17, 15) is 0 Å². The molecule has 0 amide bonds. The van der Waals surface area contributed by atoms with Gasteiger partial charge in [0.1, 0.15) is 0 Å². The third-order valence-electron chi connectivity index (χ3n) is 2.97. The van der Waals surface area contributed by atoms with Crippen molar-refractivity contribution in [3.63, 3.8) is 0 Å². The van der Waals surface area contributed by atoms with Crippen molar-refractivity contribution in [3.05, 3.63) is 47.2 Å². The minimum absolute atomic E-state index is 0.512. The summed E-state index contributed by atoms with van der Waals surface area (Å²) in [6, 6.07) is 0. The normalized spacial score (nSPS) is 27.8. The van der Waals surface area contributed by atoms with E-state index < -0.39 is 0 Å². The molecule has 1 heterocycles. The zero-order valence-electron chi connectivity index (χ0n) is 9.76. The number of rotatable bonds is 1. The van der Waals surface area contributed by atoms with Gasteiger partial charge in [-0.15, -0.1) is 0 Å². The summed E-state index contributed by atoms with van der Waals surface area (Å²) >= 11 is 2.35. The zero-order valence-corrected chi connectivity index (χ0v) is 11.9. The Hall–Kier alpha value is -0.640. The highest BCUT2D eigenvalue weighted by atomic mass is 127. The number of aliphatic imine (C=N–C) groups is 1. The van der Waals surface area contributed by atoms with Crippen LogP contribution in [0.15, 0.2) is 52.2 Å². The first-order valence-corrected chi connectivity index (χ1v) is 6.67. The average Bonchev–Trinajstić information content (AvgIpc) is 2.67. The second-order valence-corrected chi connectivity index (χ2v) is 5.55. The molecule has 0 bridgehead atoms. The SMILES string of the molecule is C=C(C)C1=C2CC=C/C2=C\CC(C)C(I)=N1. The van der Waals surface area contributed by atoms with Gasteiger partial charge in [-0.2, -0.15) is 0 Å². The Labute approximate surface area is 111 Å². The first-order valence-electron chi connectivity index (χ1n) is 5.59. The summed E-state index contributed by atoms with van der Waals surface area (Å²) in [6.45, 7) is 8.31. The summed E-state index contributed by atoms with van der Waals surface area (Å²) in [5.74, 6) is 0.512. The molecule has 0 saturated carbocycles. The van der Waals surface area contributed by atoms with Crippen LogP contribution in [0, 0.1) is 5.92 Å². The van der Waals surface area contributed by atoms with Gasteiger partial charge in [0.25, 0.3) is 0 Å². The second-order valence-electron chi connectivity index (χ2n) is 4.44. The summed E-state index contributed by atoms with van der Waals surface area (Å²) in [4.78, 5) is 4.76. The Kier molecular flexibility index (Phi) is 3.47. The minimum atomic E-state index is 0.512. The summed E-state index contributed by atoms with van der Waals surface area (Å²) in [5, 5.41) is 0. The third-order valence-corrected chi connectivity index (χ3v) is 4.28. The molecule has 2 heteroatoms. The number of hydrogen-bond acceptors (Lipinski definition) is 1. The topological polar surface area (TPSA) is 12.4 Å². The molecule has 1 aliphatic carbocycles. The average molecular weight is 325 g/mol. The van der Waals surface area contributed by atoms with Gasteiger partial charge in [0, 0.05) is 5.92 Å². The number of halogens is 1. The highest BCUT2D eigenvalue weighted by Crippen LogP contribution is 2.33. The van der Waals surface area contributed by atoms with Crippen LogP contribution in [0.5, 0.6) is 0 Å². The van der Waals surface area contributed by atoms with Gasteiger partial charge in [-0.1, -0.05) is 31.7 Å². The first-order chi connectivity index (χ1) is 7.59. The fourth-order valence-electron chi connectivity index (χ4n) is 1.99. The Balaban J connectivity index is 2.56. The van der Waals surface area contributed by atoms with Crippen molar-refractivity contribution in [1.82, 2.24) is 0 Å². The van der Waals surface area contributed by atoms with E-state index in [2.05, 4.69) is 54.3 Å². The lowest BCUT2D eigenvalue weighted by atomic mass is 9.98. The predicted molar refractivity (Wildman–Crippen MR) is 78.9 cm³/mol. The van der Waals surface area contributed by atoms with Gasteiger partial charge in [0.05, 0.1) is 9.42 Å². The largest absolute Gasteiger partial charge is 0.246 e. The maximum atomic E-state index is 4.76. The molecule has 1 unspecified atom stereocenters. The Morgan fingerprint density at radius 3 is 3.00 bits per heavy atom. The lowest BCUT2D eigenvalue weighted by molar-refractivity contribution is 0.797. The lowest BCUT2D eigenvalue weighted by Gasteiger charge is -2.16. The van der Waals surface area contributed by atoms with Gasteiger partial charge in [-0.25, -0.2) is 4.99 Å². The molecular weight excluding hydrogens is 309 g/mol. The molecule has 2 rings (SSSR count). The van der Waals surface area contributed by atoms with Crippen LogP contribution >= 0.6 is 22.6 Å². The van der Waals surface area contributed by atoms with Crippen LogP contribution in [-0.2, 0) is 0 Å². The molecule has 0 spiro atoms. The fourth-order valence-corrected chi connectivity index (χ4v) is 2.48. The van der Waals surface area contributed by atoms with Gasteiger partial charge in [-0.05, 0) is 59.1 Å². The highest BCUT2D eigenvalue weighted by molar-refractivity contribution is 14.1. The van der Waals surface area contributed by atoms with Crippen molar-refractivity contribution >= 4 is 26.3 Å². The number of fused-ring (bicyclic) bond motifs is 1. The molecule has 1 nitrogen and oxygen atoms in total. The molecule has 0 saturated heterocycles. The summed E-state index contributed by atoms with van der Waals surface area (Å²) in [5.41, 5.74) is 4.84. The molecule has 0 aromatic heterocycles. The molecule has 0 fully saturated rings. The van der Waals surface area contributed by atoms with Crippen LogP contribution in [-0.4, -0.2) is 3.72 Å². The Morgan fingerprint density at radius 1 is 1.56 bits per heavy atom. The van der Waals surface area contributed by atoms with E-state index >= 15 is 0 Å². The van der Waals surface area contributed by atoms with Crippen molar-refractivity contribution in [2.75, 3.05) is 0 Å². The van der Waals surface area contributed by atoms with Gasteiger partial charge in [-0.3, -0.25) is 0 Å². The first kappa shape index (κ1) is 11.8.